The predicted molar refractivity (Wildman–Crippen MR) is 160 cm³/mol. The largest absolute Gasteiger partial charge is 0.206 e. The summed E-state index contributed by atoms with van der Waals surface area (Å²) in [5.74, 6) is 10.2. The lowest BCUT2D eigenvalue weighted by Crippen LogP contribution is -1.95. The van der Waals surface area contributed by atoms with Crippen LogP contribution in [0.4, 0.5) is 26.3 Å². The molecule has 0 saturated carbocycles. The summed E-state index contributed by atoms with van der Waals surface area (Å²) in [6, 6.07) is 19.1. The minimum absolute atomic E-state index is 0.0329. The Morgan fingerprint density at radius 3 is 1.52 bits per heavy atom. The number of aryl methyl sites for hydroxylation is 1. The summed E-state index contributed by atoms with van der Waals surface area (Å²) >= 11 is 0. The minimum atomic E-state index is -1.66. The second-order valence-corrected chi connectivity index (χ2v) is 9.74. The molecule has 0 fully saturated rings. The van der Waals surface area contributed by atoms with Crippen molar-refractivity contribution in [2.45, 2.75) is 13.8 Å². The second kappa shape index (κ2) is 12.7. The van der Waals surface area contributed by atoms with Crippen molar-refractivity contribution < 1.29 is 26.3 Å². The van der Waals surface area contributed by atoms with Gasteiger partial charge in [0.1, 0.15) is 17.5 Å². The molecule has 0 heterocycles. The lowest BCUT2D eigenvalue weighted by molar-refractivity contribution is 0.447. The Morgan fingerprint density at radius 2 is 0.955 bits per heavy atom. The van der Waals surface area contributed by atoms with Crippen molar-refractivity contribution in [1.29, 1.82) is 0 Å². The summed E-state index contributed by atoms with van der Waals surface area (Å²) in [5, 5.41) is 0. The van der Waals surface area contributed by atoms with E-state index in [1.54, 1.807) is 19.9 Å². The first-order valence-corrected chi connectivity index (χ1v) is 13.2. The number of hydrogen-bond donors (Lipinski definition) is 0. The monoisotopic (exact) mass is 590 g/mol. The van der Waals surface area contributed by atoms with E-state index in [0.29, 0.717) is 23.3 Å². The van der Waals surface area contributed by atoms with Crippen LogP contribution < -0.4 is 0 Å². The van der Waals surface area contributed by atoms with Gasteiger partial charge in [0, 0.05) is 33.4 Å². The van der Waals surface area contributed by atoms with E-state index in [1.807, 2.05) is 24.3 Å². The third-order valence-electron chi connectivity index (χ3n) is 6.79. The molecular formula is C38H20F6. The van der Waals surface area contributed by atoms with E-state index in [1.165, 1.54) is 30.3 Å². The highest BCUT2D eigenvalue weighted by atomic mass is 19.2. The average Bonchev–Trinajstić information content (AvgIpc) is 3.00. The SMILES string of the molecule is CC#CC#Cc1ccc(C#Cc2cc(F)c(-c3ccc(-c4ccc(-c5cc(F)c(F)c(F)c5)c(F)c4)c(F)c3)cc2C)cc1. The fourth-order valence-corrected chi connectivity index (χ4v) is 4.52. The lowest BCUT2D eigenvalue weighted by Gasteiger charge is -2.11. The van der Waals surface area contributed by atoms with Gasteiger partial charge in [-0.05, 0) is 109 Å². The van der Waals surface area contributed by atoms with Crippen LogP contribution in [-0.4, -0.2) is 0 Å². The molecule has 0 saturated heterocycles. The molecule has 0 aromatic heterocycles. The van der Waals surface area contributed by atoms with E-state index < -0.39 is 34.9 Å². The summed E-state index contributed by atoms with van der Waals surface area (Å²) in [5.41, 5.74) is 2.90. The van der Waals surface area contributed by atoms with Crippen LogP contribution in [-0.2, 0) is 0 Å². The van der Waals surface area contributed by atoms with Crippen LogP contribution in [0.2, 0.25) is 0 Å². The molecule has 0 amide bonds. The molecule has 214 valence electrons. The van der Waals surface area contributed by atoms with Crippen molar-refractivity contribution in [2.24, 2.45) is 0 Å². The third-order valence-corrected chi connectivity index (χ3v) is 6.79. The molecule has 0 nitrogen and oxygen atoms in total. The molecule has 0 bridgehead atoms. The van der Waals surface area contributed by atoms with Crippen LogP contribution in [0.3, 0.4) is 0 Å². The number of halogens is 6. The molecule has 5 aromatic rings. The molecular weight excluding hydrogens is 570 g/mol. The van der Waals surface area contributed by atoms with Gasteiger partial charge in [-0.25, -0.2) is 26.3 Å². The minimum Gasteiger partial charge on any atom is -0.206 e. The van der Waals surface area contributed by atoms with Crippen LogP contribution >= 0.6 is 0 Å². The van der Waals surface area contributed by atoms with Crippen molar-refractivity contribution in [3.8, 4) is 68.9 Å². The van der Waals surface area contributed by atoms with Crippen molar-refractivity contribution >= 4 is 0 Å². The Bertz CT molecular complexity index is 2080. The highest BCUT2D eigenvalue weighted by Gasteiger charge is 2.17. The average molecular weight is 591 g/mol. The molecule has 6 heteroatoms. The molecule has 0 atom stereocenters. The first-order valence-electron chi connectivity index (χ1n) is 13.2. The number of benzene rings is 5. The topological polar surface area (TPSA) is 0 Å². The fourth-order valence-electron chi connectivity index (χ4n) is 4.52. The molecule has 44 heavy (non-hydrogen) atoms. The molecule has 0 aliphatic carbocycles. The van der Waals surface area contributed by atoms with Gasteiger partial charge in [-0.1, -0.05) is 47.9 Å². The molecule has 0 aliphatic rings. The second-order valence-electron chi connectivity index (χ2n) is 9.74. The highest BCUT2D eigenvalue weighted by molar-refractivity contribution is 5.75. The van der Waals surface area contributed by atoms with Crippen LogP contribution in [0.1, 0.15) is 29.2 Å². The van der Waals surface area contributed by atoms with Gasteiger partial charge in [0.2, 0.25) is 0 Å². The molecule has 0 spiro atoms. The number of rotatable bonds is 3. The third kappa shape index (κ3) is 6.39. The maximum Gasteiger partial charge on any atom is 0.194 e. The van der Waals surface area contributed by atoms with Gasteiger partial charge >= 0.3 is 0 Å². The van der Waals surface area contributed by atoms with Crippen molar-refractivity contribution in [1.82, 2.24) is 0 Å². The zero-order valence-corrected chi connectivity index (χ0v) is 23.4. The quantitative estimate of drug-likeness (QED) is 0.112. The van der Waals surface area contributed by atoms with Gasteiger partial charge in [-0.3, -0.25) is 0 Å². The standard InChI is InChI=1S/C38H20F6/c1-3-4-5-6-24-7-9-25(10-8-24)11-12-26-18-35(41)32(17-23(26)2)28-14-15-30(33(39)20-28)27-13-16-31(34(40)19-27)29-21-36(42)38(44)37(43)22-29/h7-10,13-22H,1-2H3. The van der Waals surface area contributed by atoms with Gasteiger partial charge in [-0.2, -0.15) is 0 Å². The van der Waals surface area contributed by atoms with Crippen LogP contribution in [0.25, 0.3) is 33.4 Å². The van der Waals surface area contributed by atoms with Crippen LogP contribution in [0.15, 0.2) is 84.9 Å². The Morgan fingerprint density at radius 1 is 0.455 bits per heavy atom. The Hall–Kier alpha value is -5.64. The van der Waals surface area contributed by atoms with E-state index in [9.17, 15) is 17.6 Å². The summed E-state index contributed by atoms with van der Waals surface area (Å²) in [4.78, 5) is 0. The zero-order valence-electron chi connectivity index (χ0n) is 23.4. The lowest BCUT2D eigenvalue weighted by atomic mass is 9.95. The van der Waals surface area contributed by atoms with E-state index in [-0.39, 0.29) is 33.4 Å². The van der Waals surface area contributed by atoms with Crippen molar-refractivity contribution in [2.75, 3.05) is 0 Å². The predicted octanol–water partition coefficient (Wildman–Crippen LogP) is 9.61. The molecule has 5 aromatic carbocycles. The maximum atomic E-state index is 15.2. The highest BCUT2D eigenvalue weighted by Crippen LogP contribution is 2.33. The van der Waals surface area contributed by atoms with E-state index in [2.05, 4.69) is 35.5 Å². The first kappa shape index (κ1) is 29.8. The van der Waals surface area contributed by atoms with E-state index >= 15 is 8.78 Å². The summed E-state index contributed by atoms with van der Waals surface area (Å²) in [6.45, 7) is 3.48. The van der Waals surface area contributed by atoms with Gasteiger partial charge in [0.15, 0.2) is 17.5 Å². The zero-order chi connectivity index (χ0) is 31.4. The number of hydrogen-bond acceptors (Lipinski definition) is 0. The van der Waals surface area contributed by atoms with Crippen molar-refractivity contribution in [3.63, 3.8) is 0 Å². The fraction of sp³-hybridized carbons (Fsp3) is 0.0526. The van der Waals surface area contributed by atoms with Crippen molar-refractivity contribution in [3.05, 3.63) is 142 Å². The Labute approximate surface area is 251 Å². The normalized spacial score (nSPS) is 10.2. The van der Waals surface area contributed by atoms with E-state index in [4.69, 9.17) is 0 Å². The summed E-state index contributed by atoms with van der Waals surface area (Å²) in [7, 11) is 0. The Balaban J connectivity index is 1.39. The molecule has 0 N–H and O–H groups in total. The van der Waals surface area contributed by atoms with Crippen LogP contribution in [0, 0.1) is 77.3 Å². The maximum absolute atomic E-state index is 15.2. The first-order chi connectivity index (χ1) is 21.1. The molecule has 0 radical (unpaired) electrons. The van der Waals surface area contributed by atoms with E-state index in [0.717, 1.165) is 23.3 Å². The van der Waals surface area contributed by atoms with Gasteiger partial charge < -0.3 is 0 Å². The van der Waals surface area contributed by atoms with Crippen LogP contribution in [0.5, 0.6) is 0 Å². The van der Waals surface area contributed by atoms with Gasteiger partial charge in [-0.15, -0.1) is 0 Å². The summed E-state index contributed by atoms with van der Waals surface area (Å²) < 4.78 is 85.9. The van der Waals surface area contributed by atoms with Gasteiger partial charge in [0.05, 0.1) is 0 Å². The molecule has 0 aliphatic heterocycles. The Kier molecular flexibility index (Phi) is 8.61. The molecule has 5 rings (SSSR count). The molecule has 0 unspecified atom stereocenters. The van der Waals surface area contributed by atoms with Gasteiger partial charge in [0.25, 0.3) is 0 Å². The summed E-state index contributed by atoms with van der Waals surface area (Å²) in [6.07, 6.45) is 0. The smallest absolute Gasteiger partial charge is 0.194 e.